The Kier molecular flexibility index (Phi) is 7.77. The summed E-state index contributed by atoms with van der Waals surface area (Å²) in [5, 5.41) is 14.5. The lowest BCUT2D eigenvalue weighted by atomic mass is 10.1. The number of nitrogens with two attached hydrogens (primary N) is 1. The molecular formula is C20H28N8O5. The fraction of sp³-hybridized carbons (Fsp3) is 0.500. The molecule has 2 aromatic rings. The van der Waals surface area contributed by atoms with Crippen molar-refractivity contribution in [3.05, 3.63) is 36.4 Å². The number of amides is 3. The number of aliphatic carboxylic acids is 1. The van der Waals surface area contributed by atoms with Crippen molar-refractivity contribution < 1.29 is 24.3 Å². The fourth-order valence-corrected chi connectivity index (χ4v) is 3.74. The van der Waals surface area contributed by atoms with Crippen LogP contribution in [0.1, 0.15) is 31.2 Å². The Morgan fingerprint density at radius 1 is 1.12 bits per heavy atom. The van der Waals surface area contributed by atoms with Gasteiger partial charge < -0.3 is 36.3 Å². The molecule has 0 spiro atoms. The van der Waals surface area contributed by atoms with Crippen LogP contribution < -0.4 is 16.4 Å². The van der Waals surface area contributed by atoms with Crippen LogP contribution in [0.5, 0.6) is 0 Å². The van der Waals surface area contributed by atoms with Crippen molar-refractivity contribution in [3.8, 4) is 0 Å². The highest BCUT2D eigenvalue weighted by atomic mass is 16.4. The number of aromatic amines is 2. The molecule has 3 heterocycles. The SMILES string of the molecule is CC(NC(=O)C(Cc1cnc[nH]1)NC(=O)C(N)Cc1cnc[nH]1)C(=O)N1CCCC1C(=O)O. The molecule has 1 saturated heterocycles. The number of carbonyl (C=O) groups is 4. The lowest BCUT2D eigenvalue weighted by Gasteiger charge is -2.27. The molecule has 3 amide bonds. The molecule has 2 aromatic heterocycles. The fourth-order valence-electron chi connectivity index (χ4n) is 3.74. The third-order valence-electron chi connectivity index (χ3n) is 5.49. The van der Waals surface area contributed by atoms with Crippen LogP contribution in [0.25, 0.3) is 0 Å². The second-order valence-corrected chi connectivity index (χ2v) is 7.99. The van der Waals surface area contributed by atoms with Crippen molar-refractivity contribution in [2.75, 3.05) is 6.54 Å². The molecule has 13 heteroatoms. The summed E-state index contributed by atoms with van der Waals surface area (Å²) in [5.74, 6) is -2.71. The monoisotopic (exact) mass is 460 g/mol. The maximum Gasteiger partial charge on any atom is 0.326 e. The molecule has 1 fully saturated rings. The lowest BCUT2D eigenvalue weighted by molar-refractivity contribution is -0.149. The molecule has 13 nitrogen and oxygen atoms in total. The number of rotatable bonds is 10. The zero-order chi connectivity index (χ0) is 24.0. The van der Waals surface area contributed by atoms with Gasteiger partial charge in [-0.2, -0.15) is 0 Å². The number of hydrogen-bond acceptors (Lipinski definition) is 7. The van der Waals surface area contributed by atoms with Gasteiger partial charge in [0.1, 0.15) is 18.1 Å². The normalized spacial score (nSPS) is 18.4. The van der Waals surface area contributed by atoms with E-state index in [4.69, 9.17) is 5.73 Å². The minimum atomic E-state index is -1.07. The van der Waals surface area contributed by atoms with E-state index >= 15 is 0 Å². The van der Waals surface area contributed by atoms with Gasteiger partial charge in [-0.1, -0.05) is 0 Å². The maximum atomic E-state index is 13.0. The number of carboxylic acid groups (broad SMARTS) is 1. The number of carbonyl (C=O) groups excluding carboxylic acids is 3. The molecule has 4 unspecified atom stereocenters. The van der Waals surface area contributed by atoms with Crippen LogP contribution in [0.3, 0.4) is 0 Å². The summed E-state index contributed by atoms with van der Waals surface area (Å²) < 4.78 is 0. The smallest absolute Gasteiger partial charge is 0.326 e. The van der Waals surface area contributed by atoms with Crippen LogP contribution >= 0.6 is 0 Å². The number of likely N-dealkylation sites (tertiary alicyclic amines) is 1. The van der Waals surface area contributed by atoms with Gasteiger partial charge in [-0.05, 0) is 19.8 Å². The number of nitrogens with one attached hydrogen (secondary N) is 4. The Bertz CT molecular complexity index is 961. The van der Waals surface area contributed by atoms with Crippen molar-refractivity contribution in [2.24, 2.45) is 5.73 Å². The highest BCUT2D eigenvalue weighted by Crippen LogP contribution is 2.18. The van der Waals surface area contributed by atoms with Crippen molar-refractivity contribution in [2.45, 2.75) is 56.8 Å². The second-order valence-electron chi connectivity index (χ2n) is 7.99. The zero-order valence-electron chi connectivity index (χ0n) is 18.2. The highest BCUT2D eigenvalue weighted by molar-refractivity contribution is 5.94. The molecule has 0 bridgehead atoms. The quantitative estimate of drug-likeness (QED) is 0.241. The first kappa shape index (κ1) is 23.9. The second kappa shape index (κ2) is 10.7. The van der Waals surface area contributed by atoms with E-state index in [9.17, 15) is 24.3 Å². The van der Waals surface area contributed by atoms with Gasteiger partial charge in [0.25, 0.3) is 0 Å². The van der Waals surface area contributed by atoms with E-state index in [0.29, 0.717) is 30.8 Å². The van der Waals surface area contributed by atoms with E-state index in [-0.39, 0.29) is 12.8 Å². The van der Waals surface area contributed by atoms with Crippen molar-refractivity contribution in [3.63, 3.8) is 0 Å². The van der Waals surface area contributed by atoms with E-state index in [1.54, 1.807) is 6.20 Å². The molecule has 178 valence electrons. The van der Waals surface area contributed by atoms with Crippen LogP contribution in [0.2, 0.25) is 0 Å². The van der Waals surface area contributed by atoms with E-state index in [1.165, 1.54) is 30.7 Å². The maximum absolute atomic E-state index is 13.0. The number of carboxylic acids is 1. The Balaban J connectivity index is 1.65. The van der Waals surface area contributed by atoms with Gasteiger partial charge in [0.2, 0.25) is 17.7 Å². The van der Waals surface area contributed by atoms with Crippen LogP contribution in [0.4, 0.5) is 0 Å². The highest BCUT2D eigenvalue weighted by Gasteiger charge is 2.37. The number of aromatic nitrogens is 4. The van der Waals surface area contributed by atoms with E-state index in [0.717, 1.165) is 0 Å². The minimum Gasteiger partial charge on any atom is -0.480 e. The summed E-state index contributed by atoms with van der Waals surface area (Å²) in [6.07, 6.45) is 7.24. The van der Waals surface area contributed by atoms with Crippen molar-refractivity contribution in [1.29, 1.82) is 0 Å². The number of H-pyrrole nitrogens is 2. The van der Waals surface area contributed by atoms with Gasteiger partial charge in [-0.15, -0.1) is 0 Å². The summed E-state index contributed by atoms with van der Waals surface area (Å²) in [6.45, 7) is 1.79. The van der Waals surface area contributed by atoms with Gasteiger partial charge in [0, 0.05) is 43.2 Å². The summed E-state index contributed by atoms with van der Waals surface area (Å²) in [6, 6.07) is -3.84. The standard InChI is InChI=1S/C20H28N8O5/c1-11(19(31)28-4-2-3-16(28)20(32)33)26-18(30)15(6-13-8-23-10-25-13)27-17(29)14(21)5-12-7-22-9-24-12/h7-11,14-16H,2-6,21H2,1H3,(H,22,24)(H,23,25)(H,26,30)(H,27,29)(H,32,33). The van der Waals surface area contributed by atoms with Crippen molar-refractivity contribution >= 4 is 23.7 Å². The predicted molar refractivity (Wildman–Crippen MR) is 114 cm³/mol. The van der Waals surface area contributed by atoms with Gasteiger partial charge in [0.05, 0.1) is 18.7 Å². The van der Waals surface area contributed by atoms with E-state index in [2.05, 4.69) is 30.6 Å². The number of hydrogen-bond donors (Lipinski definition) is 6. The molecule has 1 aliphatic rings. The van der Waals surface area contributed by atoms with Gasteiger partial charge in [0.15, 0.2) is 0 Å². The molecule has 33 heavy (non-hydrogen) atoms. The molecule has 1 aliphatic heterocycles. The molecule has 3 rings (SSSR count). The van der Waals surface area contributed by atoms with Crippen LogP contribution in [-0.2, 0) is 32.0 Å². The van der Waals surface area contributed by atoms with Gasteiger partial charge >= 0.3 is 5.97 Å². The zero-order valence-corrected chi connectivity index (χ0v) is 18.2. The first-order chi connectivity index (χ1) is 15.8. The van der Waals surface area contributed by atoms with Crippen LogP contribution in [0.15, 0.2) is 25.0 Å². The molecule has 7 N–H and O–H groups in total. The van der Waals surface area contributed by atoms with Crippen molar-refractivity contribution in [1.82, 2.24) is 35.5 Å². The number of nitrogens with zero attached hydrogens (tertiary/aromatic N) is 3. The third kappa shape index (κ3) is 6.16. The Labute approximate surface area is 189 Å². The summed E-state index contributed by atoms with van der Waals surface area (Å²) in [7, 11) is 0. The molecular weight excluding hydrogens is 432 g/mol. The minimum absolute atomic E-state index is 0.0940. The average Bonchev–Trinajstić information content (AvgIpc) is 3.54. The Morgan fingerprint density at radius 3 is 2.33 bits per heavy atom. The predicted octanol–water partition coefficient (Wildman–Crippen LogP) is -1.69. The third-order valence-corrected chi connectivity index (χ3v) is 5.49. The summed E-state index contributed by atoms with van der Waals surface area (Å²) in [4.78, 5) is 64.6. The lowest BCUT2D eigenvalue weighted by Crippen LogP contribution is -2.57. The molecule has 0 aliphatic carbocycles. The topological polar surface area (TPSA) is 199 Å². The summed E-state index contributed by atoms with van der Waals surface area (Å²) >= 11 is 0. The Hall–Kier alpha value is -3.74. The first-order valence-electron chi connectivity index (χ1n) is 10.6. The molecule has 4 atom stereocenters. The van der Waals surface area contributed by atoms with Gasteiger partial charge in [-0.3, -0.25) is 14.4 Å². The molecule has 0 aromatic carbocycles. The van der Waals surface area contributed by atoms with Crippen LogP contribution in [0, 0.1) is 0 Å². The van der Waals surface area contributed by atoms with E-state index < -0.39 is 47.9 Å². The largest absolute Gasteiger partial charge is 0.480 e. The molecule has 0 radical (unpaired) electrons. The summed E-state index contributed by atoms with van der Waals surface area (Å²) in [5.41, 5.74) is 7.25. The van der Waals surface area contributed by atoms with Crippen LogP contribution in [-0.4, -0.2) is 84.3 Å². The molecule has 0 saturated carbocycles. The van der Waals surface area contributed by atoms with E-state index in [1.807, 2.05) is 0 Å². The first-order valence-corrected chi connectivity index (χ1v) is 10.6. The average molecular weight is 460 g/mol. The Morgan fingerprint density at radius 2 is 1.76 bits per heavy atom. The van der Waals surface area contributed by atoms with Gasteiger partial charge in [-0.25, -0.2) is 14.8 Å². The number of imidazole rings is 2.